The predicted molar refractivity (Wildman–Crippen MR) is 103 cm³/mol. The number of rotatable bonds is 5. The summed E-state index contributed by atoms with van der Waals surface area (Å²) in [7, 11) is 0. The van der Waals surface area contributed by atoms with Crippen molar-refractivity contribution in [1.82, 2.24) is 0 Å². The Labute approximate surface area is 156 Å². The van der Waals surface area contributed by atoms with E-state index in [1.54, 1.807) is 48.2 Å². The Morgan fingerprint density at radius 3 is 2.54 bits per heavy atom. The van der Waals surface area contributed by atoms with E-state index in [4.69, 9.17) is 5.26 Å². The molecule has 0 aliphatic heterocycles. The summed E-state index contributed by atoms with van der Waals surface area (Å²) >= 11 is 1.56. The van der Waals surface area contributed by atoms with Gasteiger partial charge in [0.05, 0.1) is 17.2 Å². The maximum atomic E-state index is 12.6. The van der Waals surface area contributed by atoms with E-state index < -0.39 is 0 Å². The Hall–Kier alpha value is -3.23. The van der Waals surface area contributed by atoms with Gasteiger partial charge in [-0.2, -0.15) is 5.26 Å². The lowest BCUT2D eigenvalue weighted by molar-refractivity contribution is 0.102. The van der Waals surface area contributed by atoms with E-state index >= 15 is 0 Å². The Morgan fingerprint density at radius 2 is 1.81 bits per heavy atom. The molecule has 0 bridgehead atoms. The van der Waals surface area contributed by atoms with Crippen LogP contribution >= 0.6 is 11.8 Å². The number of nitriles is 1. The highest BCUT2D eigenvalue weighted by atomic mass is 32.2. The summed E-state index contributed by atoms with van der Waals surface area (Å²) in [6.07, 6.45) is 0. The lowest BCUT2D eigenvalue weighted by atomic mass is 10.2. The molecule has 0 atom stereocenters. The number of nitrogens with zero attached hydrogens (tertiary/aromatic N) is 1. The van der Waals surface area contributed by atoms with Gasteiger partial charge in [0, 0.05) is 22.4 Å². The number of nitrogens with one attached hydrogen (secondary N) is 1. The van der Waals surface area contributed by atoms with E-state index in [2.05, 4.69) is 11.4 Å². The molecule has 0 aromatic heterocycles. The molecular weight excluding hydrogens is 344 g/mol. The fourth-order valence-electron chi connectivity index (χ4n) is 2.40. The van der Waals surface area contributed by atoms with Crippen LogP contribution in [0.3, 0.4) is 0 Å². The second-order valence-electron chi connectivity index (χ2n) is 5.60. The molecule has 0 unspecified atom stereocenters. The number of amides is 1. The molecule has 0 saturated heterocycles. The van der Waals surface area contributed by atoms with Crippen molar-refractivity contribution in [2.45, 2.75) is 10.6 Å². The molecule has 128 valence electrons. The molecule has 5 heteroatoms. The van der Waals surface area contributed by atoms with Crippen LogP contribution in [0.15, 0.2) is 77.7 Å². The van der Waals surface area contributed by atoms with Crippen LogP contribution in [0.4, 0.5) is 5.69 Å². The van der Waals surface area contributed by atoms with Gasteiger partial charge in [-0.1, -0.05) is 30.3 Å². The molecule has 0 fully saturated rings. The Bertz CT molecular complexity index is 962. The first-order valence-electron chi connectivity index (χ1n) is 7.97. The van der Waals surface area contributed by atoms with Crippen LogP contribution in [0.25, 0.3) is 0 Å². The average Bonchev–Trinajstić information content (AvgIpc) is 2.67. The van der Waals surface area contributed by atoms with Crippen molar-refractivity contribution in [1.29, 1.82) is 5.26 Å². The molecule has 1 amide bonds. The van der Waals surface area contributed by atoms with Crippen LogP contribution in [0, 0.1) is 11.3 Å². The molecule has 0 spiro atoms. The van der Waals surface area contributed by atoms with Crippen molar-refractivity contribution >= 4 is 23.4 Å². The van der Waals surface area contributed by atoms with Gasteiger partial charge < -0.3 is 10.4 Å². The molecule has 3 aromatic carbocycles. The average molecular weight is 360 g/mol. The molecule has 0 aliphatic carbocycles. The third-order valence-corrected chi connectivity index (χ3v) is 4.86. The highest BCUT2D eigenvalue weighted by Gasteiger charge is 2.12. The fourth-order valence-corrected chi connectivity index (χ4v) is 3.40. The van der Waals surface area contributed by atoms with Crippen LogP contribution in [-0.4, -0.2) is 11.0 Å². The number of benzene rings is 3. The molecule has 4 nitrogen and oxygen atoms in total. The normalized spacial score (nSPS) is 10.1. The van der Waals surface area contributed by atoms with Gasteiger partial charge in [0.1, 0.15) is 5.75 Å². The molecule has 0 radical (unpaired) electrons. The van der Waals surface area contributed by atoms with Gasteiger partial charge in [-0.15, -0.1) is 11.8 Å². The van der Waals surface area contributed by atoms with Crippen molar-refractivity contribution < 1.29 is 9.90 Å². The molecule has 0 heterocycles. The summed E-state index contributed by atoms with van der Waals surface area (Å²) in [6.45, 7) is 0. The lowest BCUT2D eigenvalue weighted by Gasteiger charge is -2.10. The zero-order valence-electron chi connectivity index (χ0n) is 13.8. The van der Waals surface area contributed by atoms with E-state index in [0.717, 1.165) is 10.5 Å². The van der Waals surface area contributed by atoms with Crippen LogP contribution in [0.5, 0.6) is 5.75 Å². The summed E-state index contributed by atoms with van der Waals surface area (Å²) < 4.78 is 0. The van der Waals surface area contributed by atoms with Gasteiger partial charge >= 0.3 is 0 Å². The van der Waals surface area contributed by atoms with E-state index in [0.29, 0.717) is 22.6 Å². The third-order valence-electron chi connectivity index (χ3n) is 3.71. The second-order valence-corrected chi connectivity index (χ2v) is 6.62. The zero-order valence-corrected chi connectivity index (χ0v) is 14.7. The van der Waals surface area contributed by atoms with Crippen LogP contribution in [-0.2, 0) is 5.75 Å². The summed E-state index contributed by atoms with van der Waals surface area (Å²) in [5, 5.41) is 21.2. The molecular formula is C21H16N2O2S. The van der Waals surface area contributed by atoms with Gasteiger partial charge in [0.15, 0.2) is 0 Å². The monoisotopic (exact) mass is 360 g/mol. The lowest BCUT2D eigenvalue weighted by Crippen LogP contribution is -2.12. The number of phenolic OH excluding ortho intramolecular Hbond substituents is 1. The van der Waals surface area contributed by atoms with Gasteiger partial charge in [-0.05, 0) is 42.0 Å². The number of carbonyl (C=O) groups excluding carboxylic acids is 1. The minimum atomic E-state index is -0.224. The number of phenols is 1. The van der Waals surface area contributed by atoms with Crippen molar-refractivity contribution in [2.75, 3.05) is 5.32 Å². The number of carbonyl (C=O) groups is 1. The van der Waals surface area contributed by atoms with Crippen molar-refractivity contribution in [2.24, 2.45) is 0 Å². The van der Waals surface area contributed by atoms with Gasteiger partial charge in [0.25, 0.3) is 5.91 Å². The highest BCUT2D eigenvalue weighted by molar-refractivity contribution is 7.98. The topological polar surface area (TPSA) is 73.1 Å². The maximum absolute atomic E-state index is 12.6. The highest BCUT2D eigenvalue weighted by Crippen LogP contribution is 2.27. The summed E-state index contributed by atoms with van der Waals surface area (Å²) in [6, 6.07) is 23.4. The Kier molecular flexibility index (Phi) is 5.57. The van der Waals surface area contributed by atoms with E-state index in [1.165, 1.54) is 6.07 Å². The molecule has 0 aliphatic rings. The minimum absolute atomic E-state index is 0.103. The first kappa shape index (κ1) is 17.6. The molecule has 0 saturated carbocycles. The quantitative estimate of drug-likeness (QED) is 0.641. The van der Waals surface area contributed by atoms with Crippen molar-refractivity contribution in [3.8, 4) is 11.8 Å². The second kappa shape index (κ2) is 8.24. The molecule has 26 heavy (non-hydrogen) atoms. The minimum Gasteiger partial charge on any atom is -0.508 e. The first-order chi connectivity index (χ1) is 12.7. The van der Waals surface area contributed by atoms with E-state index in [-0.39, 0.29) is 11.7 Å². The summed E-state index contributed by atoms with van der Waals surface area (Å²) in [5.41, 5.74) is 2.83. The zero-order chi connectivity index (χ0) is 18.4. The Morgan fingerprint density at radius 1 is 1.04 bits per heavy atom. The number of aromatic hydroxyl groups is 1. The molecule has 3 rings (SSSR count). The van der Waals surface area contributed by atoms with Crippen LogP contribution in [0.2, 0.25) is 0 Å². The van der Waals surface area contributed by atoms with Gasteiger partial charge in [-0.25, -0.2) is 0 Å². The van der Waals surface area contributed by atoms with E-state index in [1.807, 2.05) is 30.3 Å². The smallest absolute Gasteiger partial charge is 0.256 e. The number of hydrogen-bond donors (Lipinski definition) is 2. The largest absolute Gasteiger partial charge is 0.508 e. The maximum Gasteiger partial charge on any atom is 0.256 e. The summed E-state index contributed by atoms with van der Waals surface area (Å²) in [4.78, 5) is 13.5. The predicted octanol–water partition coefficient (Wildman–Crippen LogP) is 4.81. The van der Waals surface area contributed by atoms with Crippen molar-refractivity contribution in [3.05, 3.63) is 89.5 Å². The number of thioether (sulfide) groups is 1. The van der Waals surface area contributed by atoms with E-state index in [9.17, 15) is 9.90 Å². The molecule has 3 aromatic rings. The van der Waals surface area contributed by atoms with Gasteiger partial charge in [-0.3, -0.25) is 4.79 Å². The van der Waals surface area contributed by atoms with Crippen LogP contribution in [0.1, 0.15) is 21.5 Å². The number of anilines is 1. The SMILES string of the molecule is N#Cc1ccc(CSc2ccccc2C(=O)Nc2cccc(O)c2)cc1. The molecule has 2 N–H and O–H groups in total. The standard InChI is InChI=1S/C21H16N2O2S/c22-13-15-8-10-16(11-9-15)14-26-20-7-2-1-6-19(20)21(25)23-17-4-3-5-18(24)12-17/h1-12,24H,14H2,(H,23,25). The third kappa shape index (κ3) is 4.44. The fraction of sp³-hybridized carbons (Fsp3) is 0.0476. The van der Waals surface area contributed by atoms with Gasteiger partial charge in [0.2, 0.25) is 0 Å². The summed E-state index contributed by atoms with van der Waals surface area (Å²) in [5.74, 6) is 0.576. The first-order valence-corrected chi connectivity index (χ1v) is 8.95. The van der Waals surface area contributed by atoms with Crippen molar-refractivity contribution in [3.63, 3.8) is 0 Å². The van der Waals surface area contributed by atoms with Crippen LogP contribution < -0.4 is 5.32 Å². The Balaban J connectivity index is 1.72. The number of hydrogen-bond acceptors (Lipinski definition) is 4.